The topological polar surface area (TPSA) is 76.9 Å². The third-order valence-corrected chi connectivity index (χ3v) is 5.52. The van der Waals surface area contributed by atoms with E-state index < -0.39 is 10.0 Å². The van der Waals surface area contributed by atoms with Crippen molar-refractivity contribution in [1.29, 1.82) is 0 Å². The van der Waals surface area contributed by atoms with E-state index in [0.717, 1.165) is 11.1 Å². The van der Waals surface area contributed by atoms with Gasteiger partial charge in [-0.2, -0.15) is 4.98 Å². The van der Waals surface area contributed by atoms with Crippen LogP contribution in [0.1, 0.15) is 16.7 Å². The van der Waals surface area contributed by atoms with E-state index in [0.29, 0.717) is 17.1 Å². The molecule has 6 nitrogen and oxygen atoms in total. The summed E-state index contributed by atoms with van der Waals surface area (Å²) in [5.74, 6) is 0.0213. The lowest BCUT2D eigenvalue weighted by atomic mass is 10.2. The highest BCUT2D eigenvalue weighted by Crippen LogP contribution is 2.20. The molecule has 0 aliphatic rings. The molecule has 0 aliphatic carbocycles. The number of benzene rings is 2. The lowest BCUT2D eigenvalue weighted by Gasteiger charge is -2.08. The van der Waals surface area contributed by atoms with Crippen molar-refractivity contribution in [3.8, 4) is 0 Å². The van der Waals surface area contributed by atoms with Crippen molar-refractivity contribution in [1.82, 2.24) is 14.8 Å². The Morgan fingerprint density at radius 2 is 1.92 bits per heavy atom. The van der Waals surface area contributed by atoms with E-state index >= 15 is 0 Å². The van der Waals surface area contributed by atoms with Crippen LogP contribution in [-0.4, -0.2) is 23.2 Å². The van der Waals surface area contributed by atoms with Crippen molar-refractivity contribution in [3.05, 3.63) is 70.5 Å². The zero-order valence-corrected chi connectivity index (χ0v) is 15.3. The molecule has 1 heterocycles. The van der Waals surface area contributed by atoms with Crippen LogP contribution in [0.2, 0.25) is 5.02 Å². The van der Waals surface area contributed by atoms with Gasteiger partial charge < -0.3 is 0 Å². The summed E-state index contributed by atoms with van der Waals surface area (Å²) in [5, 5.41) is 4.79. The lowest BCUT2D eigenvalue weighted by Crippen LogP contribution is -2.15. The molecule has 1 aromatic heterocycles. The van der Waals surface area contributed by atoms with Crippen LogP contribution in [0.5, 0.6) is 0 Å². The molecule has 0 saturated carbocycles. The maximum absolute atomic E-state index is 12.6. The van der Waals surface area contributed by atoms with Crippen LogP contribution in [0.3, 0.4) is 0 Å². The highest BCUT2D eigenvalue weighted by Gasteiger charge is 2.19. The monoisotopic (exact) mass is 376 g/mol. The fraction of sp³-hybridized carbons (Fsp3) is 0.176. The van der Waals surface area contributed by atoms with E-state index in [-0.39, 0.29) is 10.8 Å². The van der Waals surface area contributed by atoms with E-state index in [4.69, 9.17) is 11.6 Å². The normalized spacial score (nSPS) is 11.5. The van der Waals surface area contributed by atoms with E-state index in [9.17, 15) is 8.42 Å². The van der Waals surface area contributed by atoms with Crippen molar-refractivity contribution in [3.63, 3.8) is 0 Å². The minimum Gasteiger partial charge on any atom is -0.246 e. The van der Waals surface area contributed by atoms with Gasteiger partial charge in [0.1, 0.15) is 6.33 Å². The second-order valence-corrected chi connectivity index (χ2v) is 7.79. The molecular formula is C17H17ClN4O2S. The summed E-state index contributed by atoms with van der Waals surface area (Å²) in [7, 11) is -3.75. The highest BCUT2D eigenvalue weighted by atomic mass is 35.5. The van der Waals surface area contributed by atoms with Gasteiger partial charge in [-0.3, -0.25) is 0 Å². The summed E-state index contributed by atoms with van der Waals surface area (Å²) < 4.78 is 29.1. The van der Waals surface area contributed by atoms with Crippen LogP contribution in [0.15, 0.2) is 53.7 Å². The number of halogens is 1. The average molecular weight is 377 g/mol. The molecule has 0 amide bonds. The van der Waals surface area contributed by atoms with Crippen molar-refractivity contribution in [2.75, 3.05) is 4.72 Å². The first kappa shape index (κ1) is 17.4. The van der Waals surface area contributed by atoms with Crippen LogP contribution in [0.4, 0.5) is 5.95 Å². The van der Waals surface area contributed by atoms with Crippen molar-refractivity contribution in [2.45, 2.75) is 25.3 Å². The van der Waals surface area contributed by atoms with Crippen LogP contribution in [0, 0.1) is 13.8 Å². The standard InChI is InChI=1S/C17H17ClN4O2S/c1-12-7-8-13(2)16(9-12)25(23,24)21-17-19-11-22(20-17)10-14-5-3-4-6-15(14)18/h3-9,11H,10H2,1-2H3,(H,20,21). The molecule has 8 heteroatoms. The van der Waals surface area contributed by atoms with Gasteiger partial charge in [-0.1, -0.05) is 41.9 Å². The Balaban J connectivity index is 1.81. The number of anilines is 1. The smallest absolute Gasteiger partial charge is 0.246 e. The zero-order valence-electron chi connectivity index (χ0n) is 13.8. The zero-order chi connectivity index (χ0) is 18.0. The number of aryl methyl sites for hydroxylation is 2. The number of hydrogen-bond donors (Lipinski definition) is 1. The van der Waals surface area contributed by atoms with Gasteiger partial charge in [-0.05, 0) is 42.7 Å². The maximum Gasteiger partial charge on any atom is 0.264 e. The van der Waals surface area contributed by atoms with E-state index in [1.807, 2.05) is 31.2 Å². The summed E-state index contributed by atoms with van der Waals surface area (Å²) in [6, 6.07) is 12.7. The second kappa shape index (κ2) is 6.85. The molecule has 0 spiro atoms. The summed E-state index contributed by atoms with van der Waals surface area (Å²) >= 11 is 6.13. The summed E-state index contributed by atoms with van der Waals surface area (Å²) in [6.45, 7) is 3.99. The molecule has 130 valence electrons. The van der Waals surface area contributed by atoms with Gasteiger partial charge in [0.15, 0.2) is 0 Å². The van der Waals surface area contributed by atoms with Gasteiger partial charge in [0.05, 0.1) is 11.4 Å². The minimum absolute atomic E-state index is 0.0213. The highest BCUT2D eigenvalue weighted by molar-refractivity contribution is 7.92. The molecule has 3 aromatic rings. The van der Waals surface area contributed by atoms with Crippen LogP contribution >= 0.6 is 11.6 Å². The number of aromatic nitrogens is 3. The molecule has 2 aromatic carbocycles. The fourth-order valence-corrected chi connectivity index (χ4v) is 3.86. The molecular weight excluding hydrogens is 360 g/mol. The quantitative estimate of drug-likeness (QED) is 0.740. The Labute approximate surface area is 151 Å². The van der Waals surface area contributed by atoms with Crippen molar-refractivity contribution < 1.29 is 8.42 Å². The molecule has 1 N–H and O–H groups in total. The Morgan fingerprint density at radius 1 is 1.16 bits per heavy atom. The Bertz CT molecular complexity index is 1010. The summed E-state index contributed by atoms with van der Waals surface area (Å²) in [5.41, 5.74) is 2.40. The van der Waals surface area contributed by atoms with Gasteiger partial charge in [-0.15, -0.1) is 5.10 Å². The first-order chi connectivity index (χ1) is 11.8. The molecule has 0 aliphatic heterocycles. The first-order valence-corrected chi connectivity index (χ1v) is 9.44. The predicted molar refractivity (Wildman–Crippen MR) is 97.3 cm³/mol. The Kier molecular flexibility index (Phi) is 4.78. The van der Waals surface area contributed by atoms with E-state index in [1.165, 1.54) is 11.0 Å². The van der Waals surface area contributed by atoms with Crippen LogP contribution in [-0.2, 0) is 16.6 Å². The molecule has 0 saturated heterocycles. The lowest BCUT2D eigenvalue weighted by molar-refractivity contribution is 0.600. The van der Waals surface area contributed by atoms with Gasteiger partial charge in [0, 0.05) is 5.02 Å². The molecule has 0 radical (unpaired) electrons. The number of sulfonamides is 1. The molecule has 25 heavy (non-hydrogen) atoms. The summed E-state index contributed by atoms with van der Waals surface area (Å²) in [6.07, 6.45) is 1.46. The third-order valence-electron chi connectivity index (χ3n) is 3.69. The van der Waals surface area contributed by atoms with Crippen molar-refractivity contribution >= 4 is 27.6 Å². The second-order valence-electron chi connectivity index (χ2n) is 5.73. The number of hydrogen-bond acceptors (Lipinski definition) is 4. The molecule has 3 rings (SSSR count). The number of rotatable bonds is 5. The van der Waals surface area contributed by atoms with E-state index in [1.54, 1.807) is 25.1 Å². The largest absolute Gasteiger partial charge is 0.264 e. The fourth-order valence-electron chi connectivity index (χ4n) is 2.39. The van der Waals surface area contributed by atoms with E-state index in [2.05, 4.69) is 14.8 Å². The Morgan fingerprint density at radius 3 is 2.68 bits per heavy atom. The average Bonchev–Trinajstić information content (AvgIpc) is 2.98. The molecule has 0 bridgehead atoms. The Hall–Kier alpha value is -2.38. The number of nitrogens with one attached hydrogen (secondary N) is 1. The molecule has 0 atom stereocenters. The number of nitrogens with zero attached hydrogens (tertiary/aromatic N) is 3. The predicted octanol–water partition coefficient (Wildman–Crippen LogP) is 3.40. The SMILES string of the molecule is Cc1ccc(C)c(S(=O)(=O)Nc2ncn(Cc3ccccc3Cl)n2)c1. The molecule has 0 unspecified atom stereocenters. The van der Waals surface area contributed by atoms with Crippen LogP contribution in [0.25, 0.3) is 0 Å². The van der Waals surface area contributed by atoms with Crippen LogP contribution < -0.4 is 4.72 Å². The third kappa shape index (κ3) is 4.00. The first-order valence-electron chi connectivity index (χ1n) is 7.58. The molecule has 0 fully saturated rings. The van der Waals surface area contributed by atoms with Gasteiger partial charge >= 0.3 is 0 Å². The minimum atomic E-state index is -3.75. The summed E-state index contributed by atoms with van der Waals surface area (Å²) in [4.78, 5) is 4.24. The van der Waals surface area contributed by atoms with Crippen molar-refractivity contribution in [2.24, 2.45) is 0 Å². The van der Waals surface area contributed by atoms with Gasteiger partial charge in [0.2, 0.25) is 0 Å². The van der Waals surface area contributed by atoms with Gasteiger partial charge in [-0.25, -0.2) is 17.8 Å². The maximum atomic E-state index is 12.6. The van der Waals surface area contributed by atoms with Gasteiger partial charge in [0.25, 0.3) is 16.0 Å².